The molecule has 3 N–H and O–H groups in total. The summed E-state index contributed by atoms with van der Waals surface area (Å²) in [4.78, 5) is 0.223. The van der Waals surface area contributed by atoms with E-state index in [1.54, 1.807) is 19.9 Å². The van der Waals surface area contributed by atoms with Gasteiger partial charge >= 0.3 is 0 Å². The van der Waals surface area contributed by atoms with Gasteiger partial charge in [0, 0.05) is 12.1 Å². The summed E-state index contributed by atoms with van der Waals surface area (Å²) < 4.78 is 33.4. The van der Waals surface area contributed by atoms with E-state index in [9.17, 15) is 8.42 Å². The fraction of sp³-hybridized carbons (Fsp3) is 0.714. The minimum atomic E-state index is -3.60. The van der Waals surface area contributed by atoms with Gasteiger partial charge in [-0.15, -0.1) is 12.4 Å². The van der Waals surface area contributed by atoms with E-state index in [1.807, 2.05) is 0 Å². The smallest absolute Gasteiger partial charge is 0.244 e. The Bertz CT molecular complexity index is 585. The van der Waals surface area contributed by atoms with E-state index in [0.29, 0.717) is 18.1 Å². The van der Waals surface area contributed by atoms with Crippen LogP contribution in [0.15, 0.2) is 15.4 Å². The largest absolute Gasteiger partial charge is 0.465 e. The minimum absolute atomic E-state index is 0. The third-order valence-corrected chi connectivity index (χ3v) is 6.10. The lowest BCUT2D eigenvalue weighted by Crippen LogP contribution is -2.58. The summed E-state index contributed by atoms with van der Waals surface area (Å²) in [7, 11) is -3.60. The molecule has 2 rings (SSSR count). The normalized spacial score (nSPS) is 26.4. The molecule has 1 fully saturated rings. The second kappa shape index (κ2) is 6.69. The first-order valence-electron chi connectivity index (χ1n) is 7.12. The Morgan fingerprint density at radius 1 is 1.43 bits per heavy atom. The van der Waals surface area contributed by atoms with Gasteiger partial charge in [-0.3, -0.25) is 0 Å². The molecule has 0 saturated heterocycles. The van der Waals surface area contributed by atoms with Gasteiger partial charge in [-0.25, -0.2) is 13.1 Å². The van der Waals surface area contributed by atoms with E-state index in [-0.39, 0.29) is 23.2 Å². The third kappa shape index (κ3) is 3.62. The van der Waals surface area contributed by atoms with Crippen molar-refractivity contribution in [3.63, 3.8) is 0 Å². The molecular formula is C14H25ClN2O3S. The highest BCUT2D eigenvalue weighted by atomic mass is 35.5. The van der Waals surface area contributed by atoms with Crippen molar-refractivity contribution in [2.24, 2.45) is 11.7 Å². The number of aryl methyl sites for hydroxylation is 2. The van der Waals surface area contributed by atoms with Gasteiger partial charge in [0.15, 0.2) is 0 Å². The first-order chi connectivity index (χ1) is 9.31. The van der Waals surface area contributed by atoms with Crippen LogP contribution in [0.3, 0.4) is 0 Å². The van der Waals surface area contributed by atoms with E-state index in [4.69, 9.17) is 10.2 Å². The Kier molecular flexibility index (Phi) is 5.89. The predicted molar refractivity (Wildman–Crippen MR) is 85.2 cm³/mol. The zero-order valence-corrected chi connectivity index (χ0v) is 14.4. The van der Waals surface area contributed by atoms with Gasteiger partial charge in [-0.2, -0.15) is 0 Å². The second-order valence-electron chi connectivity index (χ2n) is 5.89. The van der Waals surface area contributed by atoms with Crippen molar-refractivity contribution < 1.29 is 12.8 Å². The van der Waals surface area contributed by atoms with E-state index < -0.39 is 15.6 Å². The van der Waals surface area contributed by atoms with E-state index in [1.165, 1.54) is 0 Å². The van der Waals surface area contributed by atoms with Crippen LogP contribution in [0.25, 0.3) is 0 Å². The molecule has 7 heteroatoms. The number of hydrogen-bond acceptors (Lipinski definition) is 4. The van der Waals surface area contributed by atoms with E-state index in [2.05, 4.69) is 11.6 Å². The summed E-state index contributed by atoms with van der Waals surface area (Å²) in [5, 5.41) is 0. The maximum atomic E-state index is 12.6. The van der Waals surface area contributed by atoms with E-state index >= 15 is 0 Å². The van der Waals surface area contributed by atoms with Crippen molar-refractivity contribution in [3.8, 4) is 0 Å². The Labute approximate surface area is 133 Å². The van der Waals surface area contributed by atoms with Gasteiger partial charge in [-0.1, -0.05) is 19.8 Å². The average Bonchev–Trinajstić information content (AvgIpc) is 2.72. The summed E-state index contributed by atoms with van der Waals surface area (Å²) >= 11 is 0. The highest BCUT2D eigenvalue weighted by Crippen LogP contribution is 2.34. The first-order valence-corrected chi connectivity index (χ1v) is 8.60. The van der Waals surface area contributed by atoms with Gasteiger partial charge in [0.05, 0.1) is 0 Å². The molecule has 0 aliphatic heterocycles. The molecule has 0 bridgehead atoms. The molecule has 0 radical (unpaired) electrons. The quantitative estimate of drug-likeness (QED) is 0.884. The molecule has 1 aromatic heterocycles. The fourth-order valence-corrected chi connectivity index (χ4v) is 4.88. The van der Waals surface area contributed by atoms with Crippen LogP contribution in [0.1, 0.15) is 44.1 Å². The van der Waals surface area contributed by atoms with Gasteiger partial charge in [-0.05, 0) is 38.7 Å². The van der Waals surface area contributed by atoms with Crippen LogP contribution in [0.5, 0.6) is 0 Å². The van der Waals surface area contributed by atoms with Crippen LogP contribution in [-0.4, -0.2) is 20.5 Å². The van der Waals surface area contributed by atoms with E-state index in [0.717, 1.165) is 25.7 Å². The number of hydrogen-bond donors (Lipinski definition) is 2. The van der Waals surface area contributed by atoms with Crippen LogP contribution in [0.2, 0.25) is 0 Å². The molecular weight excluding hydrogens is 312 g/mol. The first kappa shape index (κ1) is 18.5. The molecule has 2 atom stereocenters. The standard InChI is InChI=1S/C14H24N2O3S.ClH/c1-10-6-4-5-7-14(10,9-15)16-20(17,18)13-8-11(2)19-12(13)3;/h8,10,16H,4-7,9,15H2,1-3H3;1H. The molecule has 5 nitrogen and oxygen atoms in total. The highest BCUT2D eigenvalue weighted by Gasteiger charge is 2.41. The number of sulfonamides is 1. The predicted octanol–water partition coefficient (Wildman–Crippen LogP) is 2.50. The molecule has 0 aromatic carbocycles. The summed E-state index contributed by atoms with van der Waals surface area (Å²) in [5.41, 5.74) is 5.37. The van der Waals surface area contributed by atoms with Gasteiger partial charge < -0.3 is 10.2 Å². The van der Waals surface area contributed by atoms with Crippen molar-refractivity contribution in [1.29, 1.82) is 0 Å². The summed E-state index contributed by atoms with van der Waals surface area (Å²) in [6, 6.07) is 1.56. The molecule has 1 aliphatic carbocycles. The Morgan fingerprint density at radius 2 is 2.10 bits per heavy atom. The van der Waals surface area contributed by atoms with Crippen LogP contribution < -0.4 is 10.5 Å². The second-order valence-corrected chi connectivity index (χ2v) is 7.54. The highest BCUT2D eigenvalue weighted by molar-refractivity contribution is 7.89. The number of nitrogens with two attached hydrogens (primary N) is 1. The fourth-order valence-electron chi connectivity index (χ4n) is 3.11. The molecule has 0 spiro atoms. The van der Waals surface area contributed by atoms with Gasteiger partial charge in [0.1, 0.15) is 16.4 Å². The lowest BCUT2D eigenvalue weighted by Gasteiger charge is -2.42. The van der Waals surface area contributed by atoms with Crippen molar-refractivity contribution >= 4 is 22.4 Å². The Morgan fingerprint density at radius 3 is 2.57 bits per heavy atom. The number of halogens is 1. The lowest BCUT2D eigenvalue weighted by atomic mass is 9.74. The van der Waals surface area contributed by atoms with Gasteiger partial charge in [0.2, 0.25) is 10.0 Å². The SMILES string of the molecule is Cc1cc(S(=O)(=O)NC2(CN)CCCCC2C)c(C)o1.Cl. The molecule has 1 heterocycles. The maximum absolute atomic E-state index is 12.6. The molecule has 21 heavy (non-hydrogen) atoms. The number of furan rings is 1. The molecule has 1 aliphatic rings. The lowest BCUT2D eigenvalue weighted by molar-refractivity contribution is 0.191. The van der Waals surface area contributed by atoms with Crippen LogP contribution in [0.4, 0.5) is 0 Å². The Balaban J connectivity index is 0.00000220. The average molecular weight is 337 g/mol. The molecule has 1 saturated carbocycles. The van der Waals surface area contributed by atoms with Crippen molar-refractivity contribution in [3.05, 3.63) is 17.6 Å². The Hall–Kier alpha value is -0.560. The molecule has 2 unspecified atom stereocenters. The zero-order valence-electron chi connectivity index (χ0n) is 12.8. The summed E-state index contributed by atoms with van der Waals surface area (Å²) in [6.45, 7) is 5.81. The van der Waals surface area contributed by atoms with Crippen molar-refractivity contribution in [2.45, 2.75) is 56.9 Å². The van der Waals surface area contributed by atoms with Crippen molar-refractivity contribution in [1.82, 2.24) is 4.72 Å². The van der Waals surface area contributed by atoms with Crippen LogP contribution >= 0.6 is 12.4 Å². The topological polar surface area (TPSA) is 85.3 Å². The van der Waals surface area contributed by atoms with Crippen LogP contribution in [0, 0.1) is 19.8 Å². The monoisotopic (exact) mass is 336 g/mol. The summed E-state index contributed by atoms with van der Waals surface area (Å²) in [6.07, 6.45) is 3.94. The molecule has 1 aromatic rings. The maximum Gasteiger partial charge on any atom is 0.244 e. The third-order valence-electron chi connectivity index (χ3n) is 4.44. The van der Waals surface area contributed by atoms with Gasteiger partial charge in [0.25, 0.3) is 0 Å². The zero-order chi connectivity index (χ0) is 15.0. The number of rotatable bonds is 4. The minimum Gasteiger partial charge on any atom is -0.465 e. The van der Waals surface area contributed by atoms with Crippen molar-refractivity contribution in [2.75, 3.05) is 6.54 Å². The molecule has 122 valence electrons. The van der Waals surface area contributed by atoms with Crippen LogP contribution in [-0.2, 0) is 10.0 Å². The number of nitrogens with one attached hydrogen (secondary N) is 1. The molecule has 0 amide bonds. The summed E-state index contributed by atoms with van der Waals surface area (Å²) in [5.74, 6) is 1.26.